The summed E-state index contributed by atoms with van der Waals surface area (Å²) < 4.78 is 28.8. The summed E-state index contributed by atoms with van der Waals surface area (Å²) >= 11 is 1.18. The summed E-state index contributed by atoms with van der Waals surface area (Å²) in [6, 6.07) is 9.94. The van der Waals surface area contributed by atoms with Gasteiger partial charge in [0.1, 0.15) is 0 Å². The Kier molecular flexibility index (Phi) is 7.43. The van der Waals surface area contributed by atoms with E-state index < -0.39 is 20.9 Å². The molecule has 0 spiro atoms. The van der Waals surface area contributed by atoms with Crippen LogP contribution in [-0.2, 0) is 16.6 Å². The largest absolute Gasteiger partial charge is 0.304 e. The highest BCUT2D eigenvalue weighted by Gasteiger charge is 2.20. The lowest BCUT2D eigenvalue weighted by Gasteiger charge is -2.16. The number of amides is 1. The second kappa shape index (κ2) is 10.1. The van der Waals surface area contributed by atoms with Gasteiger partial charge in [-0.15, -0.1) is 6.42 Å². The zero-order valence-corrected chi connectivity index (χ0v) is 19.7. The molecule has 1 heterocycles. The molecule has 3 rings (SSSR count). The number of nitro benzene ring substituents is 1. The number of fused-ring (bicyclic) bond motifs is 1. The first-order chi connectivity index (χ1) is 15.7. The number of benzene rings is 2. The van der Waals surface area contributed by atoms with E-state index in [0.29, 0.717) is 21.6 Å². The van der Waals surface area contributed by atoms with Gasteiger partial charge in [0.15, 0.2) is 4.80 Å². The molecule has 0 saturated heterocycles. The normalized spacial score (nSPS) is 12.2. The molecule has 0 aliphatic heterocycles. The fraction of sp³-hybridized carbons (Fsp3) is 0.273. The molecule has 11 heteroatoms. The Bertz CT molecular complexity index is 1410. The molecule has 0 radical (unpaired) electrons. The maximum Gasteiger partial charge on any atom is 0.279 e. The Balaban J connectivity index is 1.96. The van der Waals surface area contributed by atoms with Crippen molar-refractivity contribution in [2.45, 2.75) is 31.2 Å². The Hall–Kier alpha value is -3.33. The van der Waals surface area contributed by atoms with Crippen LogP contribution in [0.3, 0.4) is 0 Å². The molecular weight excluding hydrogens is 464 g/mol. The number of hydrogen-bond acceptors (Lipinski definition) is 6. The van der Waals surface area contributed by atoms with Crippen molar-refractivity contribution < 1.29 is 18.1 Å². The number of sulfonamides is 1. The number of nitrogens with zero attached hydrogens (tertiary/aromatic N) is 4. The molecule has 1 aromatic heterocycles. The lowest BCUT2D eigenvalue weighted by Crippen LogP contribution is -2.27. The molecule has 0 aliphatic rings. The van der Waals surface area contributed by atoms with Crippen molar-refractivity contribution in [2.75, 3.05) is 13.6 Å². The maximum absolute atomic E-state index is 12.8. The molecule has 0 atom stereocenters. The fourth-order valence-electron chi connectivity index (χ4n) is 3.10. The summed E-state index contributed by atoms with van der Waals surface area (Å²) in [6.45, 7) is 2.47. The summed E-state index contributed by atoms with van der Waals surface area (Å²) in [4.78, 5) is 27.9. The molecule has 1 amide bonds. The maximum atomic E-state index is 12.8. The van der Waals surface area contributed by atoms with Gasteiger partial charge in [0.25, 0.3) is 11.6 Å². The zero-order valence-electron chi connectivity index (χ0n) is 18.1. The van der Waals surface area contributed by atoms with E-state index in [1.54, 1.807) is 10.6 Å². The third kappa shape index (κ3) is 5.19. The Labute approximate surface area is 195 Å². The van der Waals surface area contributed by atoms with Crippen molar-refractivity contribution in [3.05, 3.63) is 62.9 Å². The van der Waals surface area contributed by atoms with Crippen molar-refractivity contribution in [1.82, 2.24) is 8.87 Å². The number of rotatable bonds is 8. The summed E-state index contributed by atoms with van der Waals surface area (Å²) in [6.07, 6.45) is 7.07. The number of terminal acetylenes is 1. The van der Waals surface area contributed by atoms with E-state index in [1.165, 1.54) is 59.1 Å². The third-order valence-corrected chi connectivity index (χ3v) is 7.89. The van der Waals surface area contributed by atoms with Gasteiger partial charge >= 0.3 is 0 Å². The highest BCUT2D eigenvalue weighted by Crippen LogP contribution is 2.23. The average molecular weight is 487 g/mol. The second-order valence-electron chi connectivity index (χ2n) is 7.21. The smallest absolute Gasteiger partial charge is 0.279 e. The first kappa shape index (κ1) is 24.3. The SMILES string of the molecule is C#CCn1c(=NC(=O)c2ccc(S(=O)(=O)N(C)CCCC)cc2)sc2ccc([N+](=O)[O-])cc21. The van der Waals surface area contributed by atoms with Crippen LogP contribution in [0.4, 0.5) is 5.69 Å². The standard InChI is InChI=1S/C22H22N4O5S2/c1-4-6-14-24(3)33(30,31)18-10-7-16(8-11-18)21(27)23-22-25(13-5-2)19-15-17(26(28)29)9-12-20(19)32-22/h2,7-12,15H,4,6,13-14H2,1,3H3. The number of nitro groups is 1. The molecule has 0 fully saturated rings. The molecule has 0 aliphatic carbocycles. The molecule has 172 valence electrons. The summed E-state index contributed by atoms with van der Waals surface area (Å²) in [5, 5.41) is 11.1. The van der Waals surface area contributed by atoms with E-state index in [-0.39, 0.29) is 22.7 Å². The van der Waals surface area contributed by atoms with Crippen LogP contribution in [0.15, 0.2) is 52.4 Å². The fourth-order valence-corrected chi connectivity index (χ4v) is 5.32. The molecule has 0 unspecified atom stereocenters. The van der Waals surface area contributed by atoms with Gasteiger partial charge in [-0.1, -0.05) is 30.6 Å². The van der Waals surface area contributed by atoms with Crippen molar-refractivity contribution in [1.29, 1.82) is 0 Å². The van der Waals surface area contributed by atoms with E-state index in [2.05, 4.69) is 10.9 Å². The van der Waals surface area contributed by atoms with Crippen LogP contribution in [0.25, 0.3) is 10.2 Å². The first-order valence-corrected chi connectivity index (χ1v) is 12.3. The molecule has 2 aromatic carbocycles. The molecular formula is C22H22N4O5S2. The van der Waals surface area contributed by atoms with E-state index in [0.717, 1.165) is 12.8 Å². The highest BCUT2D eigenvalue weighted by atomic mass is 32.2. The van der Waals surface area contributed by atoms with Gasteiger partial charge in [0.05, 0.1) is 26.6 Å². The van der Waals surface area contributed by atoms with Gasteiger partial charge in [-0.3, -0.25) is 14.9 Å². The Morgan fingerprint density at radius 3 is 2.58 bits per heavy atom. The quantitative estimate of drug-likeness (QED) is 0.275. The van der Waals surface area contributed by atoms with Crippen molar-refractivity contribution in [3.8, 4) is 12.3 Å². The molecule has 33 heavy (non-hydrogen) atoms. The lowest BCUT2D eigenvalue weighted by molar-refractivity contribution is -0.384. The monoisotopic (exact) mass is 486 g/mol. The zero-order chi connectivity index (χ0) is 24.2. The molecule has 0 saturated carbocycles. The van der Waals surface area contributed by atoms with Gasteiger partial charge in [0, 0.05) is 31.3 Å². The van der Waals surface area contributed by atoms with Gasteiger partial charge in [-0.2, -0.15) is 4.99 Å². The van der Waals surface area contributed by atoms with Gasteiger partial charge in [-0.25, -0.2) is 12.7 Å². The van der Waals surface area contributed by atoms with Crippen LogP contribution in [0.5, 0.6) is 0 Å². The van der Waals surface area contributed by atoms with Gasteiger partial charge < -0.3 is 4.57 Å². The Morgan fingerprint density at radius 1 is 1.27 bits per heavy atom. The number of thiazole rings is 1. The van der Waals surface area contributed by atoms with Crippen LogP contribution >= 0.6 is 11.3 Å². The van der Waals surface area contributed by atoms with E-state index in [1.807, 2.05) is 6.92 Å². The van der Waals surface area contributed by atoms with Gasteiger partial charge in [0.2, 0.25) is 10.0 Å². The number of hydrogen-bond donors (Lipinski definition) is 0. The third-order valence-electron chi connectivity index (χ3n) is 4.96. The van der Waals surface area contributed by atoms with E-state index >= 15 is 0 Å². The van der Waals surface area contributed by atoms with Crippen molar-refractivity contribution in [3.63, 3.8) is 0 Å². The van der Waals surface area contributed by atoms with Crippen LogP contribution in [0, 0.1) is 22.5 Å². The topological polar surface area (TPSA) is 115 Å². The number of unbranched alkanes of at least 4 members (excludes halogenated alkanes) is 1. The molecule has 9 nitrogen and oxygen atoms in total. The van der Waals surface area contributed by atoms with Crippen molar-refractivity contribution >= 4 is 43.2 Å². The minimum atomic E-state index is -3.64. The summed E-state index contributed by atoms with van der Waals surface area (Å²) in [5.74, 6) is 1.89. The summed E-state index contributed by atoms with van der Waals surface area (Å²) in [5.41, 5.74) is 0.626. The average Bonchev–Trinajstić information content (AvgIpc) is 3.13. The second-order valence-corrected chi connectivity index (χ2v) is 10.3. The minimum absolute atomic E-state index is 0.0779. The highest BCUT2D eigenvalue weighted by molar-refractivity contribution is 7.89. The Morgan fingerprint density at radius 2 is 1.97 bits per heavy atom. The number of aromatic nitrogens is 1. The van der Waals surface area contributed by atoms with Crippen LogP contribution in [0.2, 0.25) is 0 Å². The number of carbonyl (C=O) groups is 1. The minimum Gasteiger partial charge on any atom is -0.304 e. The first-order valence-electron chi connectivity index (χ1n) is 10.1. The molecule has 3 aromatic rings. The molecule has 0 N–H and O–H groups in total. The molecule has 0 bridgehead atoms. The van der Waals surface area contributed by atoms with E-state index in [4.69, 9.17) is 6.42 Å². The predicted octanol–water partition coefficient (Wildman–Crippen LogP) is 3.41. The number of carbonyl (C=O) groups excluding carboxylic acids is 1. The van der Waals surface area contributed by atoms with Crippen LogP contribution < -0.4 is 4.80 Å². The van der Waals surface area contributed by atoms with Gasteiger partial charge in [-0.05, 0) is 36.8 Å². The summed E-state index contributed by atoms with van der Waals surface area (Å²) in [7, 11) is -2.12. The number of non-ortho nitro benzene ring substituents is 1. The van der Waals surface area contributed by atoms with E-state index in [9.17, 15) is 23.3 Å². The van der Waals surface area contributed by atoms with Crippen LogP contribution in [0.1, 0.15) is 30.1 Å². The van der Waals surface area contributed by atoms with Crippen molar-refractivity contribution in [2.24, 2.45) is 4.99 Å². The van der Waals surface area contributed by atoms with Crippen LogP contribution in [-0.4, -0.2) is 41.7 Å². The lowest BCUT2D eigenvalue weighted by atomic mass is 10.2. The predicted molar refractivity (Wildman–Crippen MR) is 126 cm³/mol.